The van der Waals surface area contributed by atoms with Gasteiger partial charge in [-0.05, 0) is 106 Å². The van der Waals surface area contributed by atoms with Crippen LogP contribution in [0.1, 0.15) is 82.9 Å². The first-order valence-electron chi connectivity index (χ1n) is 17.9. The fourth-order valence-electron chi connectivity index (χ4n) is 9.10. The molecular weight excluding hydrogens is 622 g/mol. The zero-order chi connectivity index (χ0) is 35.2. The van der Waals surface area contributed by atoms with Gasteiger partial charge in [0.25, 0.3) is 0 Å². The molecule has 0 saturated heterocycles. The lowest BCUT2D eigenvalue weighted by molar-refractivity contribution is -0.139. The molecule has 0 radical (unpaired) electrons. The van der Waals surface area contributed by atoms with E-state index in [4.69, 9.17) is 9.72 Å². The summed E-state index contributed by atoms with van der Waals surface area (Å²) in [5, 5.41) is 12.3. The van der Waals surface area contributed by atoms with Gasteiger partial charge in [0, 0.05) is 19.0 Å². The number of carbonyl (C=O) groups excluding carboxylic acids is 1. The van der Waals surface area contributed by atoms with Gasteiger partial charge in [-0.2, -0.15) is 0 Å². The Labute approximate surface area is 294 Å². The number of aryl methyl sites for hydroxylation is 1. The largest absolute Gasteiger partial charge is 0.482 e. The minimum absolute atomic E-state index is 0.0342. The second-order valence-corrected chi connectivity index (χ2v) is 15.2. The number of benzene rings is 4. The van der Waals surface area contributed by atoms with Crippen molar-refractivity contribution in [2.45, 2.75) is 84.6 Å². The van der Waals surface area contributed by atoms with Gasteiger partial charge >= 0.3 is 5.97 Å². The summed E-state index contributed by atoms with van der Waals surface area (Å²) in [5.74, 6) is 0.849. The number of rotatable bonds is 9. The molecule has 5 aromatic rings. The van der Waals surface area contributed by atoms with Gasteiger partial charge in [-0.25, -0.2) is 9.78 Å². The van der Waals surface area contributed by atoms with Crippen LogP contribution in [0, 0.1) is 11.3 Å². The highest BCUT2D eigenvalue weighted by atomic mass is 16.5. The number of hydrogen-bond acceptors (Lipinski definition) is 4. The van der Waals surface area contributed by atoms with Gasteiger partial charge in [-0.15, -0.1) is 0 Å². The van der Waals surface area contributed by atoms with Crippen molar-refractivity contribution >= 4 is 28.6 Å². The smallest absolute Gasteiger partial charge is 0.341 e. The molecule has 4 aromatic carbocycles. The summed E-state index contributed by atoms with van der Waals surface area (Å²) in [6.45, 7) is 11.3. The lowest BCUT2D eigenvalue weighted by atomic mass is 9.49. The number of hydrogen-bond donors (Lipinski definition) is 2. The molecule has 1 heterocycles. The highest BCUT2D eigenvalue weighted by Crippen LogP contribution is 2.58. The first-order chi connectivity index (χ1) is 23.9. The number of fused-ring (bicyclic) bond motifs is 4. The third kappa shape index (κ3) is 6.19. The molecule has 0 unspecified atom stereocenters. The Balaban J connectivity index is 1.37. The Hall–Kier alpha value is -4.91. The SMILES string of the molecule is CC(=O)Nc1ccc(OCC(=O)O)cc1-c1nc2cc(-c3ccccc3)ccc2n1C[C@]1(C)CCC[C@]2(C)c3ccc(C(C)C)cc3CC[C@@H]12. The molecule has 7 rings (SSSR count). The summed E-state index contributed by atoms with van der Waals surface area (Å²) in [7, 11) is 0. The lowest BCUT2D eigenvalue weighted by Crippen LogP contribution is -2.50. The number of aliphatic carboxylic acids is 1. The van der Waals surface area contributed by atoms with Crippen LogP contribution in [0.3, 0.4) is 0 Å². The first kappa shape index (κ1) is 33.6. The number of amides is 1. The molecule has 7 heteroatoms. The molecule has 3 atom stereocenters. The molecule has 0 spiro atoms. The third-order valence-corrected chi connectivity index (χ3v) is 11.4. The molecule has 50 heavy (non-hydrogen) atoms. The Morgan fingerprint density at radius 1 is 0.980 bits per heavy atom. The van der Waals surface area contributed by atoms with Crippen molar-refractivity contribution in [2.75, 3.05) is 11.9 Å². The molecule has 1 saturated carbocycles. The Morgan fingerprint density at radius 3 is 2.52 bits per heavy atom. The minimum Gasteiger partial charge on any atom is -0.482 e. The average Bonchev–Trinajstić information content (AvgIpc) is 3.44. The number of nitrogens with one attached hydrogen (secondary N) is 1. The van der Waals surface area contributed by atoms with Crippen molar-refractivity contribution in [3.05, 3.63) is 102 Å². The molecule has 0 aliphatic heterocycles. The topological polar surface area (TPSA) is 93.4 Å². The number of imidazole rings is 1. The third-order valence-electron chi connectivity index (χ3n) is 11.4. The number of anilines is 1. The Bertz CT molecular complexity index is 2080. The molecule has 0 bridgehead atoms. The van der Waals surface area contributed by atoms with Crippen molar-refractivity contribution < 1.29 is 19.4 Å². The van der Waals surface area contributed by atoms with Crippen LogP contribution in [0.2, 0.25) is 0 Å². The highest BCUT2D eigenvalue weighted by Gasteiger charge is 2.52. The Kier molecular flexibility index (Phi) is 8.79. The van der Waals surface area contributed by atoms with Gasteiger partial charge in [0.1, 0.15) is 11.6 Å². The van der Waals surface area contributed by atoms with Crippen molar-refractivity contribution in [3.63, 3.8) is 0 Å². The van der Waals surface area contributed by atoms with Gasteiger partial charge in [0.05, 0.1) is 16.7 Å². The molecule has 258 valence electrons. The van der Waals surface area contributed by atoms with Gasteiger partial charge in [0.15, 0.2) is 6.61 Å². The van der Waals surface area contributed by atoms with E-state index >= 15 is 0 Å². The van der Waals surface area contributed by atoms with Crippen molar-refractivity contribution in [1.29, 1.82) is 0 Å². The van der Waals surface area contributed by atoms with E-state index in [9.17, 15) is 14.7 Å². The van der Waals surface area contributed by atoms with Crippen LogP contribution in [0.5, 0.6) is 5.75 Å². The van der Waals surface area contributed by atoms with Crippen LogP contribution >= 0.6 is 0 Å². The van der Waals surface area contributed by atoms with E-state index < -0.39 is 12.6 Å². The summed E-state index contributed by atoms with van der Waals surface area (Å²) < 4.78 is 7.98. The summed E-state index contributed by atoms with van der Waals surface area (Å²) in [6, 6.07) is 29.3. The molecule has 1 amide bonds. The first-order valence-corrected chi connectivity index (χ1v) is 17.9. The molecule has 2 N–H and O–H groups in total. The number of carbonyl (C=O) groups is 2. The van der Waals surface area contributed by atoms with Crippen molar-refractivity contribution in [3.8, 4) is 28.3 Å². The molecule has 7 nitrogen and oxygen atoms in total. The van der Waals surface area contributed by atoms with Crippen LogP contribution in [0.15, 0.2) is 84.9 Å². The fraction of sp³-hybridized carbons (Fsp3) is 0.372. The predicted molar refractivity (Wildman–Crippen MR) is 200 cm³/mol. The number of aromatic nitrogens is 2. The fourth-order valence-corrected chi connectivity index (χ4v) is 9.10. The maximum atomic E-state index is 12.4. The maximum Gasteiger partial charge on any atom is 0.341 e. The standard InChI is InChI=1S/C43H47N3O4/c1-27(2)30-12-16-35-32(22-30)14-19-39-42(4,20-9-21-43(35,39)5)26-46-38-18-13-31(29-10-7-6-8-11-29)23-37(38)45-41(46)34-24-33(50-25-40(48)49)15-17-36(34)44-28(3)47/h6-8,10-13,15-18,22-24,27,39H,9,14,19-21,25-26H2,1-5H3,(H,44,47)(H,48,49)/t39-,42-,43+/m0/s1. The van der Waals surface area contributed by atoms with Crippen molar-refractivity contribution in [1.82, 2.24) is 9.55 Å². The van der Waals surface area contributed by atoms with Crippen LogP contribution in [-0.2, 0) is 28.0 Å². The molecule has 1 aromatic heterocycles. The van der Waals surface area contributed by atoms with E-state index in [1.807, 2.05) is 18.2 Å². The van der Waals surface area contributed by atoms with Crippen LogP contribution < -0.4 is 10.1 Å². The van der Waals surface area contributed by atoms with Gasteiger partial charge < -0.3 is 19.7 Å². The number of carboxylic acids is 1. The van der Waals surface area contributed by atoms with Crippen LogP contribution in [0.4, 0.5) is 5.69 Å². The van der Waals surface area contributed by atoms with E-state index in [-0.39, 0.29) is 16.7 Å². The predicted octanol–water partition coefficient (Wildman–Crippen LogP) is 9.63. The molecule has 1 fully saturated rings. The van der Waals surface area contributed by atoms with Crippen LogP contribution in [-0.4, -0.2) is 33.1 Å². The average molecular weight is 670 g/mol. The minimum atomic E-state index is -1.05. The normalized spacial score (nSPS) is 21.4. The summed E-state index contributed by atoms with van der Waals surface area (Å²) in [6.07, 6.45) is 5.64. The van der Waals surface area contributed by atoms with Gasteiger partial charge in [-0.1, -0.05) is 88.7 Å². The van der Waals surface area contributed by atoms with E-state index in [1.54, 1.807) is 18.2 Å². The maximum absolute atomic E-state index is 12.4. The quantitative estimate of drug-likeness (QED) is 0.163. The summed E-state index contributed by atoms with van der Waals surface area (Å²) in [4.78, 5) is 29.1. The summed E-state index contributed by atoms with van der Waals surface area (Å²) >= 11 is 0. The molecule has 2 aliphatic rings. The van der Waals surface area contributed by atoms with E-state index in [0.717, 1.165) is 60.2 Å². The zero-order valence-electron chi connectivity index (χ0n) is 29.8. The molecule has 2 aliphatic carbocycles. The highest BCUT2D eigenvalue weighted by molar-refractivity contribution is 5.95. The van der Waals surface area contributed by atoms with Gasteiger partial charge in [0.2, 0.25) is 5.91 Å². The van der Waals surface area contributed by atoms with E-state index in [2.05, 4.69) is 86.1 Å². The van der Waals surface area contributed by atoms with E-state index in [0.29, 0.717) is 28.8 Å². The van der Waals surface area contributed by atoms with Gasteiger partial charge in [-0.3, -0.25) is 4.79 Å². The monoisotopic (exact) mass is 669 g/mol. The molecular formula is C43H47N3O4. The second kappa shape index (κ2) is 13.1. The van der Waals surface area contributed by atoms with E-state index in [1.165, 1.54) is 30.0 Å². The number of ether oxygens (including phenoxy) is 1. The van der Waals surface area contributed by atoms with Crippen molar-refractivity contribution in [2.24, 2.45) is 11.3 Å². The Morgan fingerprint density at radius 2 is 1.78 bits per heavy atom. The van der Waals surface area contributed by atoms with Crippen LogP contribution in [0.25, 0.3) is 33.5 Å². The number of nitrogens with zero attached hydrogens (tertiary/aromatic N) is 2. The lowest BCUT2D eigenvalue weighted by Gasteiger charge is -2.56. The zero-order valence-corrected chi connectivity index (χ0v) is 29.8. The second-order valence-electron chi connectivity index (χ2n) is 15.2. The summed E-state index contributed by atoms with van der Waals surface area (Å²) in [5.41, 5.74) is 9.86. The number of carboxylic acid groups (broad SMARTS) is 1.